The molecule has 1 aliphatic rings. The third-order valence-corrected chi connectivity index (χ3v) is 4.22. The lowest BCUT2D eigenvalue weighted by atomic mass is 10.1. The third kappa shape index (κ3) is 2.89. The average molecular weight is 364 g/mol. The quantitative estimate of drug-likeness (QED) is 0.906. The van der Waals surface area contributed by atoms with Crippen LogP contribution in [0.1, 0.15) is 16.8 Å². The molecule has 2 aromatic rings. The van der Waals surface area contributed by atoms with Crippen molar-refractivity contribution >= 4 is 27.8 Å². The second-order valence-corrected chi connectivity index (χ2v) is 6.14. The molecule has 22 heavy (non-hydrogen) atoms. The minimum absolute atomic E-state index is 0.176. The molecule has 0 saturated carbocycles. The number of carboxylic acids is 1. The second-order valence-electron chi connectivity index (χ2n) is 5.23. The Kier molecular flexibility index (Phi) is 3.98. The Morgan fingerprint density at radius 1 is 1.36 bits per heavy atom. The first-order valence-corrected chi connectivity index (χ1v) is 7.66. The molecule has 1 saturated heterocycles. The first-order chi connectivity index (χ1) is 10.5. The first-order valence-electron chi connectivity index (χ1n) is 6.87. The SMILES string of the molecule is O=C(O)[C@H]1CCN(C(=O)c2cnn(-c3cccc(Br)c3)c2)C1. The molecule has 114 valence electrons. The van der Waals surface area contributed by atoms with Crippen LogP contribution in [0.5, 0.6) is 0 Å². The number of amides is 1. The Hall–Kier alpha value is -2.15. The fraction of sp³-hybridized carbons (Fsp3) is 0.267. The summed E-state index contributed by atoms with van der Waals surface area (Å²) < 4.78 is 2.56. The van der Waals surface area contributed by atoms with Crippen molar-refractivity contribution in [2.24, 2.45) is 5.92 Å². The number of halogens is 1. The van der Waals surface area contributed by atoms with E-state index in [1.807, 2.05) is 24.3 Å². The fourth-order valence-electron chi connectivity index (χ4n) is 2.52. The van der Waals surface area contributed by atoms with E-state index in [1.165, 1.54) is 6.20 Å². The van der Waals surface area contributed by atoms with Gasteiger partial charge in [-0.3, -0.25) is 9.59 Å². The van der Waals surface area contributed by atoms with E-state index in [1.54, 1.807) is 15.8 Å². The molecule has 0 aliphatic carbocycles. The van der Waals surface area contributed by atoms with Gasteiger partial charge in [-0.15, -0.1) is 0 Å². The topological polar surface area (TPSA) is 75.4 Å². The minimum atomic E-state index is -0.847. The highest BCUT2D eigenvalue weighted by atomic mass is 79.9. The summed E-state index contributed by atoms with van der Waals surface area (Å²) >= 11 is 3.40. The zero-order valence-electron chi connectivity index (χ0n) is 11.6. The van der Waals surface area contributed by atoms with Gasteiger partial charge in [0.05, 0.1) is 23.4 Å². The van der Waals surface area contributed by atoms with Crippen molar-refractivity contribution in [2.45, 2.75) is 6.42 Å². The molecule has 0 radical (unpaired) electrons. The summed E-state index contributed by atoms with van der Waals surface area (Å²) in [4.78, 5) is 24.9. The van der Waals surface area contributed by atoms with Gasteiger partial charge < -0.3 is 10.0 Å². The molecular weight excluding hydrogens is 350 g/mol. The highest BCUT2D eigenvalue weighted by Gasteiger charge is 2.31. The Morgan fingerprint density at radius 3 is 2.86 bits per heavy atom. The molecule has 6 nitrogen and oxygen atoms in total. The van der Waals surface area contributed by atoms with Crippen molar-refractivity contribution in [3.63, 3.8) is 0 Å². The van der Waals surface area contributed by atoms with Gasteiger partial charge in [0, 0.05) is 23.8 Å². The van der Waals surface area contributed by atoms with Crippen LogP contribution in [0.3, 0.4) is 0 Å². The predicted molar refractivity (Wildman–Crippen MR) is 82.9 cm³/mol. The molecule has 1 aromatic carbocycles. The molecule has 0 spiro atoms. The maximum absolute atomic E-state index is 12.4. The van der Waals surface area contributed by atoms with Gasteiger partial charge in [-0.2, -0.15) is 5.10 Å². The van der Waals surface area contributed by atoms with Crippen LogP contribution in [0, 0.1) is 5.92 Å². The summed E-state index contributed by atoms with van der Waals surface area (Å²) in [6, 6.07) is 7.59. The molecule has 1 amide bonds. The van der Waals surface area contributed by atoms with Crippen LogP contribution >= 0.6 is 15.9 Å². The van der Waals surface area contributed by atoms with Gasteiger partial charge in [0.1, 0.15) is 0 Å². The Morgan fingerprint density at radius 2 is 2.18 bits per heavy atom. The van der Waals surface area contributed by atoms with E-state index < -0.39 is 11.9 Å². The highest BCUT2D eigenvalue weighted by Crippen LogP contribution is 2.20. The van der Waals surface area contributed by atoms with Gasteiger partial charge in [-0.25, -0.2) is 4.68 Å². The zero-order valence-corrected chi connectivity index (χ0v) is 13.2. The van der Waals surface area contributed by atoms with Crippen LogP contribution < -0.4 is 0 Å². The van der Waals surface area contributed by atoms with Gasteiger partial charge in [0.25, 0.3) is 5.91 Å². The number of hydrogen-bond acceptors (Lipinski definition) is 3. The number of rotatable bonds is 3. The van der Waals surface area contributed by atoms with Crippen LogP contribution in [0.25, 0.3) is 5.69 Å². The van der Waals surface area contributed by atoms with Crippen LogP contribution in [-0.2, 0) is 4.79 Å². The van der Waals surface area contributed by atoms with E-state index in [-0.39, 0.29) is 12.5 Å². The van der Waals surface area contributed by atoms with Crippen molar-refractivity contribution in [3.8, 4) is 5.69 Å². The van der Waals surface area contributed by atoms with Crippen LogP contribution in [0.2, 0.25) is 0 Å². The van der Waals surface area contributed by atoms with Crippen molar-refractivity contribution < 1.29 is 14.7 Å². The Labute approximate surface area is 135 Å². The number of nitrogens with zero attached hydrogens (tertiary/aromatic N) is 3. The maximum Gasteiger partial charge on any atom is 0.308 e. The van der Waals surface area contributed by atoms with E-state index in [0.717, 1.165) is 10.2 Å². The lowest BCUT2D eigenvalue weighted by molar-refractivity contribution is -0.141. The van der Waals surface area contributed by atoms with Crippen molar-refractivity contribution in [1.29, 1.82) is 0 Å². The van der Waals surface area contributed by atoms with Crippen LogP contribution in [0.15, 0.2) is 41.1 Å². The van der Waals surface area contributed by atoms with E-state index in [4.69, 9.17) is 5.11 Å². The summed E-state index contributed by atoms with van der Waals surface area (Å²) in [5.41, 5.74) is 1.31. The molecule has 0 bridgehead atoms. The number of benzene rings is 1. The smallest absolute Gasteiger partial charge is 0.308 e. The average Bonchev–Trinajstić information content (AvgIpc) is 3.16. The summed E-state index contributed by atoms with van der Waals surface area (Å²) in [6.45, 7) is 0.730. The molecule has 1 fully saturated rings. The molecule has 2 heterocycles. The first kappa shape index (κ1) is 14.8. The van der Waals surface area contributed by atoms with E-state index >= 15 is 0 Å². The molecule has 7 heteroatoms. The Bertz CT molecular complexity index is 728. The van der Waals surface area contributed by atoms with Crippen molar-refractivity contribution in [1.82, 2.24) is 14.7 Å². The van der Waals surface area contributed by atoms with Gasteiger partial charge in [0.15, 0.2) is 0 Å². The number of carbonyl (C=O) groups excluding carboxylic acids is 1. The number of hydrogen-bond donors (Lipinski definition) is 1. The summed E-state index contributed by atoms with van der Waals surface area (Å²) in [7, 11) is 0. The van der Waals surface area contributed by atoms with E-state index in [0.29, 0.717) is 18.5 Å². The maximum atomic E-state index is 12.4. The number of carbonyl (C=O) groups is 2. The number of likely N-dealkylation sites (tertiary alicyclic amines) is 1. The molecule has 3 rings (SSSR count). The van der Waals surface area contributed by atoms with Crippen LogP contribution in [-0.4, -0.2) is 44.8 Å². The number of carboxylic acid groups (broad SMARTS) is 1. The highest BCUT2D eigenvalue weighted by molar-refractivity contribution is 9.10. The summed E-state index contributed by atoms with van der Waals surface area (Å²) in [6.07, 6.45) is 3.68. The summed E-state index contributed by atoms with van der Waals surface area (Å²) in [5, 5.41) is 13.2. The molecule has 0 unspecified atom stereocenters. The molecular formula is C15H14BrN3O3. The number of aliphatic carboxylic acids is 1. The monoisotopic (exact) mass is 363 g/mol. The van der Waals surface area contributed by atoms with E-state index in [9.17, 15) is 9.59 Å². The molecule has 1 atom stereocenters. The molecule has 1 aliphatic heterocycles. The molecule has 1 aromatic heterocycles. The summed E-state index contributed by atoms with van der Waals surface area (Å²) in [5.74, 6) is -1.49. The fourth-order valence-corrected chi connectivity index (χ4v) is 2.91. The van der Waals surface area contributed by atoms with Gasteiger partial charge in [-0.1, -0.05) is 22.0 Å². The normalized spacial score (nSPS) is 17.7. The van der Waals surface area contributed by atoms with Crippen molar-refractivity contribution in [3.05, 3.63) is 46.7 Å². The third-order valence-electron chi connectivity index (χ3n) is 3.73. The second kappa shape index (κ2) is 5.92. The lowest BCUT2D eigenvalue weighted by Gasteiger charge is -2.14. The van der Waals surface area contributed by atoms with Gasteiger partial charge >= 0.3 is 5.97 Å². The van der Waals surface area contributed by atoms with Gasteiger partial charge in [0.2, 0.25) is 0 Å². The lowest BCUT2D eigenvalue weighted by Crippen LogP contribution is -2.29. The Balaban J connectivity index is 1.77. The van der Waals surface area contributed by atoms with Crippen LogP contribution in [0.4, 0.5) is 0 Å². The van der Waals surface area contributed by atoms with E-state index in [2.05, 4.69) is 21.0 Å². The molecule has 1 N–H and O–H groups in total. The minimum Gasteiger partial charge on any atom is -0.481 e. The van der Waals surface area contributed by atoms with Gasteiger partial charge in [-0.05, 0) is 24.6 Å². The van der Waals surface area contributed by atoms with Crippen molar-refractivity contribution in [2.75, 3.05) is 13.1 Å². The number of aromatic nitrogens is 2. The largest absolute Gasteiger partial charge is 0.481 e. The zero-order chi connectivity index (χ0) is 15.7. The standard InChI is InChI=1S/C15H14BrN3O3/c16-12-2-1-3-13(6-12)19-9-11(7-17-19)14(20)18-5-4-10(8-18)15(21)22/h1-3,6-7,9-10H,4-5,8H2,(H,21,22)/t10-/m0/s1. The predicted octanol–water partition coefficient (Wildman–Crippen LogP) is 2.18.